The second-order valence-electron chi connectivity index (χ2n) is 7.75. The fraction of sp³-hybridized carbons (Fsp3) is 1.00. The number of hydrogen-bond donors (Lipinski definition) is 0. The van der Waals surface area contributed by atoms with E-state index in [0.717, 1.165) is 41.4 Å². The Morgan fingerprint density at radius 2 is 1.41 bits per heavy atom. The van der Waals surface area contributed by atoms with E-state index in [1.807, 2.05) is 0 Å². The molecule has 0 spiro atoms. The summed E-state index contributed by atoms with van der Waals surface area (Å²) >= 11 is 0. The molecule has 0 aliphatic heterocycles. The van der Waals surface area contributed by atoms with Crippen LogP contribution < -0.4 is 0 Å². The van der Waals surface area contributed by atoms with E-state index in [-0.39, 0.29) is 0 Å². The van der Waals surface area contributed by atoms with E-state index in [1.54, 1.807) is 32.1 Å². The molecule has 3 saturated carbocycles. The van der Waals surface area contributed by atoms with Crippen molar-refractivity contribution in [3.8, 4) is 0 Å². The van der Waals surface area contributed by atoms with Crippen LogP contribution in [0.15, 0.2) is 0 Å². The molecule has 3 fully saturated rings. The minimum Gasteiger partial charge on any atom is -0.0625 e. The van der Waals surface area contributed by atoms with Gasteiger partial charge in [-0.15, -0.1) is 0 Å². The van der Waals surface area contributed by atoms with Gasteiger partial charge in [0, 0.05) is 0 Å². The predicted octanol–water partition coefficient (Wildman–Crippen LogP) is 5.13. The predicted molar refractivity (Wildman–Crippen MR) is 73.8 cm³/mol. The van der Waals surface area contributed by atoms with E-state index in [4.69, 9.17) is 0 Å². The minimum atomic E-state index is 0.996. The highest BCUT2D eigenvalue weighted by molar-refractivity contribution is 4.94. The number of hydrogen-bond acceptors (Lipinski definition) is 0. The first-order chi connectivity index (χ1) is 8.15. The topological polar surface area (TPSA) is 0 Å². The maximum absolute atomic E-state index is 2.55. The summed E-state index contributed by atoms with van der Waals surface area (Å²) in [5, 5.41) is 0. The lowest BCUT2D eigenvalue weighted by atomic mass is 9.55. The molecule has 0 bridgehead atoms. The average Bonchev–Trinajstić information content (AvgIpc) is 2.32. The Labute approximate surface area is 108 Å². The Morgan fingerprint density at radius 3 is 2.24 bits per heavy atom. The molecule has 0 amide bonds. The molecule has 3 rings (SSSR count). The first-order valence-corrected chi connectivity index (χ1v) is 8.15. The molecular formula is C17H30. The molecular weight excluding hydrogens is 204 g/mol. The lowest BCUT2D eigenvalue weighted by molar-refractivity contribution is -0.00667. The quantitative estimate of drug-likeness (QED) is 0.545. The molecule has 0 aromatic rings. The SMILES string of the molecule is CC1CCC2CC3C(CCC(C)C3C)CC2C1. The molecule has 17 heavy (non-hydrogen) atoms. The summed E-state index contributed by atoms with van der Waals surface area (Å²) in [5.74, 6) is 7.44. The van der Waals surface area contributed by atoms with Gasteiger partial charge in [0.2, 0.25) is 0 Å². The zero-order chi connectivity index (χ0) is 12.0. The third-order valence-electron chi connectivity index (χ3n) is 6.75. The van der Waals surface area contributed by atoms with Crippen LogP contribution in [0.2, 0.25) is 0 Å². The van der Waals surface area contributed by atoms with Crippen molar-refractivity contribution in [1.82, 2.24) is 0 Å². The first-order valence-electron chi connectivity index (χ1n) is 8.15. The standard InChI is InChI=1S/C17H30/c1-11-4-6-14-10-17-13(3)12(2)5-7-15(17)9-16(14)8-11/h11-17H,4-10H2,1-3H3. The molecule has 0 N–H and O–H groups in total. The van der Waals surface area contributed by atoms with E-state index in [0.29, 0.717) is 0 Å². The molecule has 0 radical (unpaired) electrons. The third kappa shape index (κ3) is 2.17. The molecule has 0 heterocycles. The van der Waals surface area contributed by atoms with Gasteiger partial charge in [0.1, 0.15) is 0 Å². The first kappa shape index (κ1) is 12.1. The Balaban J connectivity index is 1.71. The average molecular weight is 234 g/mol. The fourth-order valence-corrected chi connectivity index (χ4v) is 5.40. The Morgan fingerprint density at radius 1 is 0.647 bits per heavy atom. The van der Waals surface area contributed by atoms with Crippen LogP contribution in [-0.2, 0) is 0 Å². The largest absolute Gasteiger partial charge is 0.0625 e. The van der Waals surface area contributed by atoms with Crippen molar-refractivity contribution in [3.63, 3.8) is 0 Å². The van der Waals surface area contributed by atoms with Crippen molar-refractivity contribution in [1.29, 1.82) is 0 Å². The summed E-state index contributed by atoms with van der Waals surface area (Å²) in [6.45, 7) is 7.52. The van der Waals surface area contributed by atoms with Crippen LogP contribution >= 0.6 is 0 Å². The van der Waals surface area contributed by atoms with Gasteiger partial charge in [0.25, 0.3) is 0 Å². The molecule has 3 aliphatic rings. The van der Waals surface area contributed by atoms with Gasteiger partial charge in [-0.05, 0) is 73.5 Å². The number of fused-ring (bicyclic) bond motifs is 2. The van der Waals surface area contributed by atoms with Crippen LogP contribution in [0.4, 0.5) is 0 Å². The Kier molecular flexibility index (Phi) is 3.26. The van der Waals surface area contributed by atoms with Crippen LogP contribution in [0.1, 0.15) is 65.7 Å². The highest BCUT2D eigenvalue weighted by Crippen LogP contribution is 2.53. The van der Waals surface area contributed by atoms with Gasteiger partial charge >= 0.3 is 0 Å². The van der Waals surface area contributed by atoms with E-state index >= 15 is 0 Å². The second-order valence-corrected chi connectivity index (χ2v) is 7.75. The van der Waals surface area contributed by atoms with Gasteiger partial charge in [0.05, 0.1) is 0 Å². The Bertz CT molecular complexity index is 269. The molecule has 7 atom stereocenters. The van der Waals surface area contributed by atoms with Crippen LogP contribution in [0.25, 0.3) is 0 Å². The highest BCUT2D eigenvalue weighted by Gasteiger charge is 2.43. The molecule has 0 nitrogen and oxygen atoms in total. The molecule has 3 aliphatic carbocycles. The van der Waals surface area contributed by atoms with Gasteiger partial charge < -0.3 is 0 Å². The maximum atomic E-state index is 2.55. The van der Waals surface area contributed by atoms with Gasteiger partial charge in [-0.3, -0.25) is 0 Å². The van der Waals surface area contributed by atoms with E-state index in [9.17, 15) is 0 Å². The third-order valence-corrected chi connectivity index (χ3v) is 6.75. The molecule has 98 valence electrons. The number of rotatable bonds is 0. The lowest BCUT2D eigenvalue weighted by Gasteiger charge is -2.51. The molecule has 7 unspecified atom stereocenters. The van der Waals surface area contributed by atoms with Crippen molar-refractivity contribution < 1.29 is 0 Å². The van der Waals surface area contributed by atoms with Crippen LogP contribution in [-0.4, -0.2) is 0 Å². The van der Waals surface area contributed by atoms with Crippen molar-refractivity contribution in [2.75, 3.05) is 0 Å². The van der Waals surface area contributed by atoms with Crippen molar-refractivity contribution in [2.24, 2.45) is 41.4 Å². The van der Waals surface area contributed by atoms with Gasteiger partial charge in [-0.2, -0.15) is 0 Å². The van der Waals surface area contributed by atoms with Crippen molar-refractivity contribution in [3.05, 3.63) is 0 Å². The summed E-state index contributed by atoms with van der Waals surface area (Å²) in [6, 6.07) is 0. The second kappa shape index (κ2) is 4.59. The normalized spacial score (nSPS) is 54.9. The zero-order valence-corrected chi connectivity index (χ0v) is 12.0. The van der Waals surface area contributed by atoms with E-state index in [2.05, 4.69) is 20.8 Å². The van der Waals surface area contributed by atoms with Crippen LogP contribution in [0, 0.1) is 41.4 Å². The summed E-state index contributed by atoms with van der Waals surface area (Å²) < 4.78 is 0. The van der Waals surface area contributed by atoms with Crippen LogP contribution in [0.5, 0.6) is 0 Å². The van der Waals surface area contributed by atoms with Gasteiger partial charge in [-0.25, -0.2) is 0 Å². The Hall–Kier alpha value is 0. The molecule has 0 saturated heterocycles. The lowest BCUT2D eigenvalue weighted by Crippen LogP contribution is -2.41. The van der Waals surface area contributed by atoms with Gasteiger partial charge in [-0.1, -0.05) is 33.6 Å². The smallest absolute Gasteiger partial charge is 0.0355 e. The fourth-order valence-electron chi connectivity index (χ4n) is 5.40. The van der Waals surface area contributed by atoms with Crippen molar-refractivity contribution in [2.45, 2.75) is 65.7 Å². The summed E-state index contributed by atoms with van der Waals surface area (Å²) in [6.07, 6.45) is 10.9. The van der Waals surface area contributed by atoms with Gasteiger partial charge in [0.15, 0.2) is 0 Å². The summed E-state index contributed by atoms with van der Waals surface area (Å²) in [5.41, 5.74) is 0. The zero-order valence-electron chi connectivity index (χ0n) is 12.0. The molecule has 0 aromatic heterocycles. The van der Waals surface area contributed by atoms with E-state index in [1.165, 1.54) is 12.8 Å². The summed E-state index contributed by atoms with van der Waals surface area (Å²) in [4.78, 5) is 0. The van der Waals surface area contributed by atoms with E-state index < -0.39 is 0 Å². The molecule has 0 aromatic carbocycles. The van der Waals surface area contributed by atoms with Crippen LogP contribution in [0.3, 0.4) is 0 Å². The minimum absolute atomic E-state index is 0.996. The monoisotopic (exact) mass is 234 g/mol. The van der Waals surface area contributed by atoms with Crippen molar-refractivity contribution >= 4 is 0 Å². The molecule has 0 heteroatoms. The summed E-state index contributed by atoms with van der Waals surface area (Å²) in [7, 11) is 0. The maximum Gasteiger partial charge on any atom is -0.0355 e. The highest BCUT2D eigenvalue weighted by atomic mass is 14.5.